The van der Waals surface area contributed by atoms with Crippen molar-refractivity contribution in [3.63, 3.8) is 0 Å². The molecule has 2 amide bonds. The summed E-state index contributed by atoms with van der Waals surface area (Å²) >= 11 is 0. The van der Waals surface area contributed by atoms with Gasteiger partial charge in [0.15, 0.2) is 0 Å². The van der Waals surface area contributed by atoms with Crippen LogP contribution in [0.25, 0.3) is 0 Å². The monoisotopic (exact) mass is 421 g/mol. The van der Waals surface area contributed by atoms with Crippen LogP contribution in [0.5, 0.6) is 5.75 Å². The Balaban J connectivity index is 1.48. The van der Waals surface area contributed by atoms with Crippen LogP contribution in [0, 0.1) is 0 Å². The maximum Gasteiger partial charge on any atom is 0.228 e. The van der Waals surface area contributed by atoms with Gasteiger partial charge >= 0.3 is 0 Å². The molecule has 1 atom stereocenters. The van der Waals surface area contributed by atoms with Gasteiger partial charge in [-0.25, -0.2) is 0 Å². The fourth-order valence-electron chi connectivity index (χ4n) is 4.61. The highest BCUT2D eigenvalue weighted by atomic mass is 16.5. The lowest BCUT2D eigenvalue weighted by molar-refractivity contribution is -0.134. The van der Waals surface area contributed by atoms with Crippen molar-refractivity contribution in [2.24, 2.45) is 0 Å². The van der Waals surface area contributed by atoms with Crippen molar-refractivity contribution in [3.05, 3.63) is 59.7 Å². The number of benzene rings is 2. The molecule has 0 saturated carbocycles. The summed E-state index contributed by atoms with van der Waals surface area (Å²) in [6.07, 6.45) is 2.13. The molecule has 0 aromatic heterocycles. The van der Waals surface area contributed by atoms with Gasteiger partial charge in [0.25, 0.3) is 0 Å². The van der Waals surface area contributed by atoms with Crippen molar-refractivity contribution in [3.8, 4) is 5.75 Å². The van der Waals surface area contributed by atoms with Crippen molar-refractivity contribution in [2.75, 3.05) is 32.1 Å². The number of piperidine rings is 1. The molecule has 4 rings (SSSR count). The van der Waals surface area contributed by atoms with Crippen LogP contribution >= 0.6 is 0 Å². The van der Waals surface area contributed by atoms with E-state index in [1.54, 1.807) is 6.92 Å². The van der Waals surface area contributed by atoms with Crippen molar-refractivity contribution >= 4 is 17.5 Å². The Labute approximate surface area is 184 Å². The second kappa shape index (κ2) is 8.61. The molecule has 2 aliphatic rings. The standard InChI is InChI=1S/C25H31N3O3/c1-18(29)28-14-12-25(13-15-28)16-22(21-6-4-5-7-23(21)31-25)24(30)26-17-19-8-10-20(11-9-19)27(2)3/h4-11,22H,12-17H2,1-3H3,(H,26,30). The smallest absolute Gasteiger partial charge is 0.228 e. The molecule has 1 unspecified atom stereocenters. The molecule has 2 aromatic rings. The van der Waals surface area contributed by atoms with Gasteiger partial charge in [-0.2, -0.15) is 0 Å². The normalized spacial score (nSPS) is 19.3. The number of para-hydroxylation sites is 1. The van der Waals surface area contributed by atoms with E-state index in [0.717, 1.165) is 35.4 Å². The van der Waals surface area contributed by atoms with Gasteiger partial charge in [-0.05, 0) is 23.8 Å². The summed E-state index contributed by atoms with van der Waals surface area (Å²) in [6.45, 7) is 3.45. The van der Waals surface area contributed by atoms with E-state index in [1.807, 2.05) is 55.4 Å². The number of amides is 2. The molecule has 0 bridgehead atoms. The van der Waals surface area contributed by atoms with Crippen LogP contribution < -0.4 is 15.0 Å². The van der Waals surface area contributed by atoms with E-state index in [2.05, 4.69) is 22.3 Å². The number of rotatable bonds is 4. The predicted molar refractivity (Wildman–Crippen MR) is 121 cm³/mol. The van der Waals surface area contributed by atoms with Gasteiger partial charge < -0.3 is 19.9 Å². The zero-order chi connectivity index (χ0) is 22.0. The first-order valence-electron chi connectivity index (χ1n) is 10.9. The molecular weight excluding hydrogens is 390 g/mol. The van der Waals surface area contributed by atoms with E-state index >= 15 is 0 Å². The number of anilines is 1. The molecule has 6 heteroatoms. The SMILES string of the molecule is CC(=O)N1CCC2(CC1)CC(C(=O)NCc1ccc(N(C)C)cc1)c1ccccc1O2. The van der Waals surface area contributed by atoms with Crippen LogP contribution in [0.1, 0.15) is 43.2 Å². The molecule has 0 aliphatic carbocycles. The van der Waals surface area contributed by atoms with Crippen molar-refractivity contribution in [2.45, 2.75) is 44.2 Å². The zero-order valence-electron chi connectivity index (χ0n) is 18.6. The summed E-state index contributed by atoms with van der Waals surface area (Å²) in [5.74, 6) is 0.664. The lowest BCUT2D eigenvalue weighted by atomic mass is 9.77. The molecule has 2 aromatic carbocycles. The van der Waals surface area contributed by atoms with Gasteiger partial charge in [0.2, 0.25) is 11.8 Å². The topological polar surface area (TPSA) is 61.9 Å². The van der Waals surface area contributed by atoms with E-state index < -0.39 is 5.60 Å². The third-order valence-electron chi connectivity index (χ3n) is 6.55. The third kappa shape index (κ3) is 4.53. The largest absolute Gasteiger partial charge is 0.487 e. The molecule has 31 heavy (non-hydrogen) atoms. The average molecular weight is 422 g/mol. The number of carbonyl (C=O) groups is 2. The number of carbonyl (C=O) groups excluding carboxylic acids is 2. The van der Waals surface area contributed by atoms with Crippen molar-refractivity contribution in [1.82, 2.24) is 10.2 Å². The highest BCUT2D eigenvalue weighted by Gasteiger charge is 2.45. The van der Waals surface area contributed by atoms with Crippen LogP contribution in [0.3, 0.4) is 0 Å². The second-order valence-corrected chi connectivity index (χ2v) is 8.86. The van der Waals surface area contributed by atoms with Crippen LogP contribution in [-0.4, -0.2) is 49.5 Å². The highest BCUT2D eigenvalue weighted by Crippen LogP contribution is 2.45. The first-order chi connectivity index (χ1) is 14.9. The van der Waals surface area contributed by atoms with E-state index in [9.17, 15) is 9.59 Å². The molecule has 6 nitrogen and oxygen atoms in total. The summed E-state index contributed by atoms with van der Waals surface area (Å²) in [6, 6.07) is 16.1. The number of ether oxygens (including phenoxy) is 1. The van der Waals surface area contributed by atoms with Crippen LogP contribution in [-0.2, 0) is 16.1 Å². The Kier molecular flexibility index (Phi) is 5.90. The van der Waals surface area contributed by atoms with Crippen LogP contribution in [0.15, 0.2) is 48.5 Å². The van der Waals surface area contributed by atoms with E-state index in [-0.39, 0.29) is 17.7 Å². The number of fused-ring (bicyclic) bond motifs is 1. The van der Waals surface area contributed by atoms with E-state index in [4.69, 9.17) is 4.74 Å². The van der Waals surface area contributed by atoms with Crippen molar-refractivity contribution in [1.29, 1.82) is 0 Å². The number of hydrogen-bond acceptors (Lipinski definition) is 4. The quantitative estimate of drug-likeness (QED) is 0.823. The molecule has 164 valence electrons. The lowest BCUT2D eigenvalue weighted by Gasteiger charge is -2.46. The van der Waals surface area contributed by atoms with Gasteiger partial charge in [-0.1, -0.05) is 30.3 Å². The molecular formula is C25H31N3O3. The van der Waals surface area contributed by atoms with E-state index in [1.165, 1.54) is 0 Å². The lowest BCUT2D eigenvalue weighted by Crippen LogP contribution is -2.52. The molecule has 1 saturated heterocycles. The Morgan fingerprint density at radius 3 is 2.42 bits per heavy atom. The second-order valence-electron chi connectivity index (χ2n) is 8.86. The number of likely N-dealkylation sites (tertiary alicyclic amines) is 1. The molecule has 1 spiro atoms. The summed E-state index contributed by atoms with van der Waals surface area (Å²) in [5.41, 5.74) is 2.76. The molecule has 1 fully saturated rings. The third-order valence-corrected chi connectivity index (χ3v) is 6.55. The Bertz CT molecular complexity index is 947. The highest BCUT2D eigenvalue weighted by molar-refractivity contribution is 5.85. The fourth-order valence-corrected chi connectivity index (χ4v) is 4.61. The van der Waals surface area contributed by atoms with Crippen molar-refractivity contribution < 1.29 is 14.3 Å². The maximum absolute atomic E-state index is 13.3. The summed E-state index contributed by atoms with van der Waals surface area (Å²) in [5, 5.41) is 3.13. The first kappa shape index (κ1) is 21.2. The van der Waals surface area contributed by atoms with Crippen LogP contribution in [0.4, 0.5) is 5.69 Å². The maximum atomic E-state index is 13.3. The minimum absolute atomic E-state index is 0.0285. The summed E-state index contributed by atoms with van der Waals surface area (Å²) in [7, 11) is 4.02. The van der Waals surface area contributed by atoms with Gasteiger partial charge in [-0.3, -0.25) is 9.59 Å². The van der Waals surface area contributed by atoms with E-state index in [0.29, 0.717) is 26.1 Å². The Morgan fingerprint density at radius 1 is 1.10 bits per heavy atom. The van der Waals surface area contributed by atoms with Crippen LogP contribution in [0.2, 0.25) is 0 Å². The number of hydrogen-bond donors (Lipinski definition) is 1. The van der Waals surface area contributed by atoms with Gasteiger partial charge in [0.05, 0.1) is 5.92 Å². The minimum Gasteiger partial charge on any atom is -0.487 e. The summed E-state index contributed by atoms with van der Waals surface area (Å²) < 4.78 is 6.44. The predicted octanol–water partition coefficient (Wildman–Crippen LogP) is 3.32. The number of nitrogens with zero attached hydrogens (tertiary/aromatic N) is 2. The molecule has 0 radical (unpaired) electrons. The Hall–Kier alpha value is -3.02. The summed E-state index contributed by atoms with van der Waals surface area (Å²) in [4.78, 5) is 28.9. The zero-order valence-corrected chi connectivity index (χ0v) is 18.6. The molecule has 2 heterocycles. The van der Waals surface area contributed by atoms with Gasteiger partial charge in [0.1, 0.15) is 11.4 Å². The minimum atomic E-state index is -0.393. The fraction of sp³-hybridized carbons (Fsp3) is 0.440. The number of nitrogens with one attached hydrogen (secondary N) is 1. The Morgan fingerprint density at radius 2 is 1.77 bits per heavy atom. The molecule has 1 N–H and O–H groups in total. The van der Waals surface area contributed by atoms with Gasteiger partial charge in [-0.15, -0.1) is 0 Å². The average Bonchev–Trinajstić information content (AvgIpc) is 2.77. The first-order valence-corrected chi connectivity index (χ1v) is 10.9. The van der Waals surface area contributed by atoms with Gasteiger partial charge in [0, 0.05) is 71.2 Å². The molecule has 2 aliphatic heterocycles.